The average Bonchev–Trinajstić information content (AvgIpc) is 2.23. The molecule has 2 rings (SSSR count). The number of ether oxygens (including phenoxy) is 1. The van der Waals surface area contributed by atoms with Gasteiger partial charge in [-0.3, -0.25) is 0 Å². The summed E-state index contributed by atoms with van der Waals surface area (Å²) in [5.41, 5.74) is 1.19. The molecule has 0 amide bonds. The molecule has 0 spiro atoms. The van der Waals surface area contributed by atoms with E-state index in [-0.39, 0.29) is 0 Å². The molecule has 1 fully saturated rings. The van der Waals surface area contributed by atoms with Crippen molar-refractivity contribution < 1.29 is 9.84 Å². The van der Waals surface area contributed by atoms with Crippen molar-refractivity contribution in [1.82, 2.24) is 0 Å². The second-order valence-electron chi connectivity index (χ2n) is 4.11. The summed E-state index contributed by atoms with van der Waals surface area (Å²) >= 11 is 6.05. The Bertz CT molecular complexity index is 357. The van der Waals surface area contributed by atoms with Crippen LogP contribution in [0.1, 0.15) is 24.0 Å². The first-order chi connectivity index (χ1) is 7.12. The maximum atomic E-state index is 10.4. The van der Waals surface area contributed by atoms with Crippen molar-refractivity contribution in [2.45, 2.75) is 25.4 Å². The Labute approximate surface area is 94.8 Å². The van der Waals surface area contributed by atoms with E-state index in [9.17, 15) is 5.11 Å². The van der Waals surface area contributed by atoms with Crippen LogP contribution >= 0.6 is 11.6 Å². The van der Waals surface area contributed by atoms with Crippen molar-refractivity contribution in [1.29, 1.82) is 0 Å². The summed E-state index contributed by atoms with van der Waals surface area (Å²) in [4.78, 5) is 0. The second kappa shape index (κ2) is 4.12. The number of rotatable bonds is 1. The van der Waals surface area contributed by atoms with E-state index in [1.165, 1.54) is 0 Å². The van der Waals surface area contributed by atoms with Crippen LogP contribution in [0.3, 0.4) is 0 Å². The monoisotopic (exact) mass is 226 g/mol. The van der Waals surface area contributed by atoms with Gasteiger partial charge in [0.15, 0.2) is 0 Å². The van der Waals surface area contributed by atoms with Gasteiger partial charge in [0.2, 0.25) is 0 Å². The summed E-state index contributed by atoms with van der Waals surface area (Å²) in [7, 11) is 0. The topological polar surface area (TPSA) is 29.5 Å². The fourth-order valence-corrected chi connectivity index (χ4v) is 2.06. The molecule has 0 saturated carbocycles. The molecule has 1 aliphatic rings. The van der Waals surface area contributed by atoms with Gasteiger partial charge in [-0.1, -0.05) is 23.7 Å². The zero-order chi connectivity index (χ0) is 10.9. The van der Waals surface area contributed by atoms with Crippen LogP contribution in [0.5, 0.6) is 0 Å². The normalized spacial score (nSPS) is 20.2. The molecule has 0 unspecified atom stereocenters. The predicted octanol–water partition coefficient (Wildman–Crippen LogP) is 2.65. The van der Waals surface area contributed by atoms with Crippen LogP contribution in [-0.2, 0) is 10.3 Å². The van der Waals surface area contributed by atoms with Crippen molar-refractivity contribution in [2.24, 2.45) is 0 Å². The summed E-state index contributed by atoms with van der Waals surface area (Å²) in [5, 5.41) is 11.1. The molecule has 1 aliphatic heterocycles. The van der Waals surface area contributed by atoms with Crippen LogP contribution in [0.4, 0.5) is 0 Å². The zero-order valence-electron chi connectivity index (χ0n) is 8.79. The highest BCUT2D eigenvalue weighted by Gasteiger charge is 2.31. The van der Waals surface area contributed by atoms with Gasteiger partial charge < -0.3 is 9.84 Å². The lowest BCUT2D eigenvalue weighted by molar-refractivity contribution is -0.0679. The highest BCUT2D eigenvalue weighted by atomic mass is 35.5. The van der Waals surface area contributed by atoms with Crippen LogP contribution in [0.25, 0.3) is 0 Å². The van der Waals surface area contributed by atoms with E-state index in [0.29, 0.717) is 31.1 Å². The number of hydrogen-bond acceptors (Lipinski definition) is 2. The Balaban J connectivity index is 2.31. The summed E-state index contributed by atoms with van der Waals surface area (Å²) < 4.78 is 5.25. The molecule has 1 N–H and O–H groups in total. The fourth-order valence-electron chi connectivity index (χ4n) is 1.88. The van der Waals surface area contributed by atoms with Crippen LogP contribution in [0.15, 0.2) is 18.2 Å². The van der Waals surface area contributed by atoms with E-state index in [1.807, 2.05) is 25.1 Å². The first-order valence-electron chi connectivity index (χ1n) is 5.19. The lowest BCUT2D eigenvalue weighted by Gasteiger charge is -2.32. The molecule has 0 radical (unpaired) electrons. The SMILES string of the molecule is Cc1ccc(C2(O)CCOCC2)cc1Cl. The Hall–Kier alpha value is -0.570. The largest absolute Gasteiger partial charge is 0.385 e. The maximum absolute atomic E-state index is 10.4. The van der Waals surface area contributed by atoms with Crippen molar-refractivity contribution in [2.75, 3.05) is 13.2 Å². The molecule has 1 saturated heterocycles. The van der Waals surface area contributed by atoms with E-state index < -0.39 is 5.60 Å². The highest BCUT2D eigenvalue weighted by Crippen LogP contribution is 2.33. The molecule has 82 valence electrons. The summed E-state index contributed by atoms with van der Waals surface area (Å²) in [6, 6.07) is 5.76. The third kappa shape index (κ3) is 2.17. The van der Waals surface area contributed by atoms with Gasteiger partial charge in [-0.05, 0) is 24.1 Å². The standard InChI is InChI=1S/C12H15ClO2/c1-9-2-3-10(8-11(9)13)12(14)4-6-15-7-5-12/h2-3,8,14H,4-7H2,1H3. The van der Waals surface area contributed by atoms with Gasteiger partial charge in [-0.2, -0.15) is 0 Å². The number of hydrogen-bond donors (Lipinski definition) is 1. The van der Waals surface area contributed by atoms with Crippen LogP contribution in [0.2, 0.25) is 5.02 Å². The molecule has 0 atom stereocenters. The zero-order valence-corrected chi connectivity index (χ0v) is 9.55. The van der Waals surface area contributed by atoms with Crippen molar-refractivity contribution in [3.05, 3.63) is 34.3 Å². The molecule has 3 heteroatoms. The second-order valence-corrected chi connectivity index (χ2v) is 4.52. The lowest BCUT2D eigenvalue weighted by atomic mass is 9.86. The van der Waals surface area contributed by atoms with E-state index in [1.54, 1.807) is 0 Å². The molecule has 0 aliphatic carbocycles. The Kier molecular flexibility index (Phi) is 3.01. The number of aryl methyl sites for hydroxylation is 1. The van der Waals surface area contributed by atoms with E-state index in [0.717, 1.165) is 11.1 Å². The third-order valence-corrected chi connectivity index (χ3v) is 3.44. The van der Waals surface area contributed by atoms with Gasteiger partial charge in [0.05, 0.1) is 5.60 Å². The highest BCUT2D eigenvalue weighted by molar-refractivity contribution is 6.31. The van der Waals surface area contributed by atoms with E-state index in [2.05, 4.69) is 0 Å². The quantitative estimate of drug-likeness (QED) is 0.798. The molecular formula is C12H15ClO2. The third-order valence-electron chi connectivity index (χ3n) is 3.03. The minimum absolute atomic E-state index is 0.613. The molecule has 0 bridgehead atoms. The van der Waals surface area contributed by atoms with Gasteiger partial charge in [-0.25, -0.2) is 0 Å². The van der Waals surface area contributed by atoms with Crippen molar-refractivity contribution in [3.8, 4) is 0 Å². The predicted molar refractivity (Wildman–Crippen MR) is 60.1 cm³/mol. The van der Waals surface area contributed by atoms with Crippen LogP contribution in [0, 0.1) is 6.92 Å². The lowest BCUT2D eigenvalue weighted by Crippen LogP contribution is -2.33. The fraction of sp³-hybridized carbons (Fsp3) is 0.500. The first kappa shape index (κ1) is 10.9. The van der Waals surface area contributed by atoms with Gasteiger partial charge >= 0.3 is 0 Å². The van der Waals surface area contributed by atoms with E-state index in [4.69, 9.17) is 16.3 Å². The molecule has 1 heterocycles. The van der Waals surface area contributed by atoms with Crippen LogP contribution < -0.4 is 0 Å². The van der Waals surface area contributed by atoms with Gasteiger partial charge in [0.1, 0.15) is 0 Å². The minimum atomic E-state index is -0.754. The van der Waals surface area contributed by atoms with Gasteiger partial charge in [0, 0.05) is 31.1 Å². The average molecular weight is 227 g/mol. The minimum Gasteiger partial charge on any atom is -0.385 e. The van der Waals surface area contributed by atoms with Gasteiger partial charge in [0.25, 0.3) is 0 Å². The smallest absolute Gasteiger partial charge is 0.0940 e. The summed E-state index contributed by atoms with van der Waals surface area (Å²) in [5.74, 6) is 0. The Morgan fingerprint density at radius 3 is 2.60 bits per heavy atom. The van der Waals surface area contributed by atoms with E-state index >= 15 is 0 Å². The molecule has 2 nitrogen and oxygen atoms in total. The number of aliphatic hydroxyl groups is 1. The van der Waals surface area contributed by atoms with Gasteiger partial charge in [-0.15, -0.1) is 0 Å². The number of benzene rings is 1. The Morgan fingerprint density at radius 1 is 1.33 bits per heavy atom. The van der Waals surface area contributed by atoms with Crippen molar-refractivity contribution in [3.63, 3.8) is 0 Å². The molecular weight excluding hydrogens is 212 g/mol. The summed E-state index contributed by atoms with van der Waals surface area (Å²) in [6.07, 6.45) is 1.29. The molecule has 1 aromatic rings. The first-order valence-corrected chi connectivity index (χ1v) is 5.56. The maximum Gasteiger partial charge on any atom is 0.0940 e. The molecule has 15 heavy (non-hydrogen) atoms. The Morgan fingerprint density at radius 2 is 2.00 bits per heavy atom. The number of halogens is 1. The summed E-state index contributed by atoms with van der Waals surface area (Å²) in [6.45, 7) is 3.18. The molecule has 0 aromatic heterocycles. The van der Waals surface area contributed by atoms with Crippen LogP contribution in [-0.4, -0.2) is 18.3 Å². The molecule has 1 aromatic carbocycles. The van der Waals surface area contributed by atoms with Crippen molar-refractivity contribution >= 4 is 11.6 Å².